The summed E-state index contributed by atoms with van der Waals surface area (Å²) < 4.78 is 43.8. The van der Waals surface area contributed by atoms with Gasteiger partial charge in [0.25, 0.3) is 0 Å². The number of benzene rings is 1. The second kappa shape index (κ2) is 8.56. The quantitative estimate of drug-likeness (QED) is 0.424. The number of hydrogen-bond donors (Lipinski definition) is 1. The van der Waals surface area contributed by atoms with E-state index in [9.17, 15) is 18.0 Å². The number of rotatable bonds is 5. The molecule has 0 saturated carbocycles. The van der Waals surface area contributed by atoms with E-state index in [1.165, 1.54) is 6.07 Å². The lowest BCUT2D eigenvalue weighted by molar-refractivity contribution is -0.145. The maximum atomic E-state index is 13.0. The van der Waals surface area contributed by atoms with Crippen molar-refractivity contribution in [2.45, 2.75) is 23.3 Å². The molecule has 7 nitrogen and oxygen atoms in total. The van der Waals surface area contributed by atoms with Crippen LogP contribution in [0.4, 0.5) is 13.2 Å². The van der Waals surface area contributed by atoms with Gasteiger partial charge < -0.3 is 4.74 Å². The summed E-state index contributed by atoms with van der Waals surface area (Å²) in [4.78, 5) is 22.9. The molecule has 2 heterocycles. The fourth-order valence-electron chi connectivity index (χ4n) is 2.13. The van der Waals surface area contributed by atoms with Crippen molar-refractivity contribution in [2.75, 3.05) is 6.61 Å². The summed E-state index contributed by atoms with van der Waals surface area (Å²) >= 11 is 12.6. The van der Waals surface area contributed by atoms with Crippen molar-refractivity contribution in [1.82, 2.24) is 25.1 Å². The van der Waals surface area contributed by atoms with Crippen LogP contribution in [-0.2, 0) is 10.9 Å². The van der Waals surface area contributed by atoms with E-state index in [0.29, 0.717) is 27.4 Å². The van der Waals surface area contributed by atoms with Gasteiger partial charge in [-0.15, -0.1) is 5.10 Å². The number of halogens is 5. The van der Waals surface area contributed by atoms with Crippen molar-refractivity contribution in [3.63, 3.8) is 0 Å². The number of hydrogen-bond acceptors (Lipinski definition) is 7. The standard InChI is InChI=1S/C16H10Cl2F3N5O2S/c1-2-28-13(27)10-6-22-14(16(19,20)21)24-12(10)29-15-23-11(25-26-15)7-3-8(17)5-9(18)4-7/h3-6H,2H2,1H3,(H,23,25,26). The van der Waals surface area contributed by atoms with Crippen molar-refractivity contribution in [3.05, 3.63) is 45.8 Å². The lowest BCUT2D eigenvalue weighted by Crippen LogP contribution is -2.15. The van der Waals surface area contributed by atoms with Crippen LogP contribution in [0.5, 0.6) is 0 Å². The number of carbonyl (C=O) groups is 1. The molecule has 0 bridgehead atoms. The van der Waals surface area contributed by atoms with E-state index in [0.717, 1.165) is 6.20 Å². The minimum absolute atomic E-state index is 0.0217. The molecule has 152 valence electrons. The molecule has 0 fully saturated rings. The molecule has 0 atom stereocenters. The third-order valence-electron chi connectivity index (χ3n) is 3.29. The molecule has 1 aromatic carbocycles. The molecule has 0 spiro atoms. The van der Waals surface area contributed by atoms with E-state index in [1.807, 2.05) is 0 Å². The van der Waals surface area contributed by atoms with Crippen LogP contribution >= 0.6 is 35.0 Å². The number of aromatic amines is 1. The van der Waals surface area contributed by atoms with Crippen LogP contribution in [0.3, 0.4) is 0 Å². The molecule has 0 radical (unpaired) electrons. The summed E-state index contributed by atoms with van der Waals surface area (Å²) in [6.07, 6.45) is -4.02. The van der Waals surface area contributed by atoms with Crippen molar-refractivity contribution < 1.29 is 22.7 Å². The number of nitrogens with one attached hydrogen (secondary N) is 1. The SMILES string of the molecule is CCOC(=O)c1cnc(C(F)(F)F)nc1Sc1n[nH]c(-c2cc(Cl)cc(Cl)c2)n1. The van der Waals surface area contributed by atoms with Crippen molar-refractivity contribution in [2.24, 2.45) is 0 Å². The predicted molar refractivity (Wildman–Crippen MR) is 99.0 cm³/mol. The Labute approximate surface area is 176 Å². The minimum atomic E-state index is -4.79. The number of esters is 1. The van der Waals surface area contributed by atoms with Crippen molar-refractivity contribution >= 4 is 40.9 Å². The highest BCUT2D eigenvalue weighted by atomic mass is 35.5. The Morgan fingerprint density at radius 1 is 1.21 bits per heavy atom. The van der Waals surface area contributed by atoms with Gasteiger partial charge in [0.15, 0.2) is 5.82 Å². The van der Waals surface area contributed by atoms with Crippen LogP contribution in [0.1, 0.15) is 23.1 Å². The maximum absolute atomic E-state index is 13.0. The van der Waals surface area contributed by atoms with Crippen molar-refractivity contribution in [3.8, 4) is 11.4 Å². The van der Waals surface area contributed by atoms with Gasteiger partial charge in [0.1, 0.15) is 10.6 Å². The first kappa shape index (κ1) is 21.3. The van der Waals surface area contributed by atoms with Crippen LogP contribution in [0.15, 0.2) is 34.6 Å². The topological polar surface area (TPSA) is 93.6 Å². The Hall–Kier alpha value is -2.37. The second-order valence-corrected chi connectivity index (χ2v) is 7.19. The van der Waals surface area contributed by atoms with E-state index in [2.05, 4.69) is 25.1 Å². The van der Waals surface area contributed by atoms with E-state index >= 15 is 0 Å². The summed E-state index contributed by atoms with van der Waals surface area (Å²) in [6, 6.07) is 4.70. The largest absolute Gasteiger partial charge is 0.462 e. The molecule has 3 aromatic rings. The zero-order chi connectivity index (χ0) is 21.2. The Morgan fingerprint density at radius 3 is 2.52 bits per heavy atom. The first-order valence-electron chi connectivity index (χ1n) is 7.85. The molecule has 2 aromatic heterocycles. The number of carbonyl (C=O) groups excluding carboxylic acids is 1. The van der Waals surface area contributed by atoms with Gasteiger partial charge in [-0.3, -0.25) is 5.10 Å². The van der Waals surface area contributed by atoms with Crippen LogP contribution in [0, 0.1) is 0 Å². The van der Waals surface area contributed by atoms with Crippen LogP contribution < -0.4 is 0 Å². The number of ether oxygens (including phenoxy) is 1. The normalized spacial score (nSPS) is 11.5. The molecule has 0 aliphatic carbocycles. The smallest absolute Gasteiger partial charge is 0.451 e. The van der Waals surface area contributed by atoms with Gasteiger partial charge in [-0.25, -0.2) is 19.7 Å². The van der Waals surface area contributed by atoms with E-state index < -0.39 is 18.0 Å². The first-order valence-corrected chi connectivity index (χ1v) is 9.42. The summed E-state index contributed by atoms with van der Waals surface area (Å²) in [5.41, 5.74) is 0.285. The summed E-state index contributed by atoms with van der Waals surface area (Å²) in [5.74, 6) is -1.98. The van der Waals surface area contributed by atoms with E-state index in [1.54, 1.807) is 19.1 Å². The average Bonchev–Trinajstić information content (AvgIpc) is 3.09. The number of aromatic nitrogens is 5. The fourth-order valence-corrected chi connectivity index (χ4v) is 3.43. The second-order valence-electron chi connectivity index (χ2n) is 5.36. The Kier molecular flexibility index (Phi) is 6.30. The molecule has 1 N–H and O–H groups in total. The van der Waals surface area contributed by atoms with Gasteiger partial charge in [0.2, 0.25) is 11.0 Å². The lowest BCUT2D eigenvalue weighted by Gasteiger charge is -2.09. The Balaban J connectivity index is 1.96. The molecule has 0 amide bonds. The molecule has 0 saturated heterocycles. The molecular formula is C16H10Cl2F3N5O2S. The third-order valence-corrected chi connectivity index (χ3v) is 4.60. The minimum Gasteiger partial charge on any atom is -0.462 e. The maximum Gasteiger partial charge on any atom is 0.451 e. The van der Waals surface area contributed by atoms with Gasteiger partial charge in [0.05, 0.1) is 6.61 Å². The third kappa shape index (κ3) is 5.17. The molecule has 3 rings (SSSR count). The predicted octanol–water partition coefficient (Wildman–Crippen LogP) is 4.92. The van der Waals surface area contributed by atoms with Crippen molar-refractivity contribution in [1.29, 1.82) is 0 Å². The first-order chi connectivity index (χ1) is 13.7. The summed E-state index contributed by atoms with van der Waals surface area (Å²) in [6.45, 7) is 1.59. The number of H-pyrrole nitrogens is 1. The van der Waals surface area contributed by atoms with E-state index in [4.69, 9.17) is 27.9 Å². The van der Waals surface area contributed by atoms with Gasteiger partial charge >= 0.3 is 12.1 Å². The van der Waals surface area contributed by atoms with Gasteiger partial charge in [0, 0.05) is 21.8 Å². The zero-order valence-electron chi connectivity index (χ0n) is 14.4. The highest BCUT2D eigenvalue weighted by Crippen LogP contribution is 2.33. The molecule has 0 unspecified atom stereocenters. The Bertz CT molecular complexity index is 1040. The summed E-state index contributed by atoms with van der Waals surface area (Å²) in [5, 5.41) is 7.03. The number of alkyl halides is 3. The molecular weight excluding hydrogens is 454 g/mol. The molecule has 0 aliphatic rings. The van der Waals surface area contributed by atoms with Crippen LogP contribution in [0.25, 0.3) is 11.4 Å². The monoisotopic (exact) mass is 463 g/mol. The van der Waals surface area contributed by atoms with Gasteiger partial charge in [-0.05, 0) is 36.9 Å². The zero-order valence-corrected chi connectivity index (χ0v) is 16.7. The fraction of sp³-hybridized carbons (Fsp3) is 0.188. The lowest BCUT2D eigenvalue weighted by atomic mass is 10.2. The van der Waals surface area contributed by atoms with Crippen LogP contribution in [-0.4, -0.2) is 37.7 Å². The average molecular weight is 464 g/mol. The molecule has 13 heteroatoms. The highest BCUT2D eigenvalue weighted by molar-refractivity contribution is 7.99. The van der Waals surface area contributed by atoms with E-state index in [-0.39, 0.29) is 28.2 Å². The van der Waals surface area contributed by atoms with Gasteiger partial charge in [-0.1, -0.05) is 23.2 Å². The van der Waals surface area contributed by atoms with Gasteiger partial charge in [-0.2, -0.15) is 13.2 Å². The highest BCUT2D eigenvalue weighted by Gasteiger charge is 2.36. The number of nitrogens with zero attached hydrogens (tertiary/aromatic N) is 4. The molecule has 29 heavy (non-hydrogen) atoms. The Morgan fingerprint density at radius 2 is 1.90 bits per heavy atom. The van der Waals surface area contributed by atoms with Crippen LogP contribution in [0.2, 0.25) is 10.0 Å². The summed E-state index contributed by atoms with van der Waals surface area (Å²) in [7, 11) is 0. The molecule has 0 aliphatic heterocycles.